The minimum absolute atomic E-state index is 0.119. The standard InChI is InChI=1S/C17H19NO7/c1-21-12-9-11(17(20)23-3)10-8-13(25-14(10)15(12)22-2)16(19)18-4-6-24-7-5-18/h8-9H,4-7H2,1-3H3. The van der Waals surface area contributed by atoms with E-state index in [1.807, 2.05) is 0 Å². The average Bonchev–Trinajstić information content (AvgIpc) is 3.11. The van der Waals surface area contributed by atoms with E-state index < -0.39 is 5.97 Å². The van der Waals surface area contributed by atoms with Crippen molar-refractivity contribution in [2.24, 2.45) is 0 Å². The van der Waals surface area contributed by atoms with Crippen LogP contribution in [0.25, 0.3) is 11.0 Å². The first-order valence-corrected chi connectivity index (χ1v) is 7.74. The normalized spacial score (nSPS) is 14.4. The van der Waals surface area contributed by atoms with Gasteiger partial charge in [-0.15, -0.1) is 0 Å². The molecule has 0 bridgehead atoms. The Bertz CT molecular complexity index is 805. The predicted octanol–water partition coefficient (Wildman–Crippen LogP) is 1.71. The molecule has 0 unspecified atom stereocenters. The van der Waals surface area contributed by atoms with Gasteiger partial charge in [-0.3, -0.25) is 4.79 Å². The van der Waals surface area contributed by atoms with E-state index in [9.17, 15) is 9.59 Å². The second kappa shape index (κ2) is 7.02. The Balaban J connectivity index is 2.13. The van der Waals surface area contributed by atoms with E-state index in [1.54, 1.807) is 4.90 Å². The number of ether oxygens (including phenoxy) is 4. The minimum Gasteiger partial charge on any atom is -0.493 e. The monoisotopic (exact) mass is 349 g/mol. The largest absolute Gasteiger partial charge is 0.493 e. The van der Waals surface area contributed by atoms with Gasteiger partial charge in [-0.1, -0.05) is 0 Å². The maximum absolute atomic E-state index is 12.7. The van der Waals surface area contributed by atoms with E-state index in [2.05, 4.69) is 0 Å². The van der Waals surface area contributed by atoms with Crippen LogP contribution in [-0.2, 0) is 9.47 Å². The molecule has 0 aliphatic carbocycles. The molecule has 1 saturated heterocycles. The molecule has 0 radical (unpaired) electrons. The van der Waals surface area contributed by atoms with Crippen molar-refractivity contribution in [1.29, 1.82) is 0 Å². The minimum atomic E-state index is -0.558. The van der Waals surface area contributed by atoms with E-state index >= 15 is 0 Å². The molecule has 0 saturated carbocycles. The number of carbonyl (C=O) groups excluding carboxylic acids is 2. The van der Waals surface area contributed by atoms with E-state index in [0.29, 0.717) is 43.2 Å². The van der Waals surface area contributed by atoms with Crippen LogP contribution in [0.1, 0.15) is 20.9 Å². The molecule has 1 amide bonds. The molecular weight excluding hydrogens is 330 g/mol. The molecule has 1 aliphatic heterocycles. The summed E-state index contributed by atoms with van der Waals surface area (Å²) in [5, 5.41) is 0.432. The lowest BCUT2D eigenvalue weighted by Gasteiger charge is -2.25. The zero-order valence-electron chi connectivity index (χ0n) is 14.3. The van der Waals surface area contributed by atoms with E-state index in [4.69, 9.17) is 23.4 Å². The first-order valence-electron chi connectivity index (χ1n) is 7.74. The van der Waals surface area contributed by atoms with Crippen molar-refractivity contribution in [3.8, 4) is 11.5 Å². The Morgan fingerprint density at radius 3 is 2.40 bits per heavy atom. The fourth-order valence-electron chi connectivity index (χ4n) is 2.80. The molecular formula is C17H19NO7. The highest BCUT2D eigenvalue weighted by Crippen LogP contribution is 2.40. The first-order chi connectivity index (χ1) is 12.1. The summed E-state index contributed by atoms with van der Waals surface area (Å²) >= 11 is 0. The Morgan fingerprint density at radius 1 is 1.08 bits per heavy atom. The molecule has 134 valence electrons. The summed E-state index contributed by atoms with van der Waals surface area (Å²) in [7, 11) is 4.19. The Labute approximate surface area is 144 Å². The van der Waals surface area contributed by atoms with Gasteiger partial charge in [0, 0.05) is 18.5 Å². The number of morpholine rings is 1. The van der Waals surface area contributed by atoms with Crippen molar-refractivity contribution in [2.75, 3.05) is 47.6 Å². The number of methoxy groups -OCH3 is 3. The van der Waals surface area contributed by atoms with Gasteiger partial charge in [-0.25, -0.2) is 4.79 Å². The van der Waals surface area contributed by atoms with Crippen LogP contribution in [0.2, 0.25) is 0 Å². The topological polar surface area (TPSA) is 87.4 Å². The molecule has 2 heterocycles. The van der Waals surface area contributed by atoms with Crippen LogP contribution in [0.4, 0.5) is 0 Å². The highest BCUT2D eigenvalue weighted by molar-refractivity contribution is 6.08. The van der Waals surface area contributed by atoms with Crippen molar-refractivity contribution in [1.82, 2.24) is 4.90 Å². The molecule has 0 spiro atoms. The summed E-state index contributed by atoms with van der Waals surface area (Å²) in [5.74, 6) is -0.0802. The summed E-state index contributed by atoms with van der Waals surface area (Å²) in [6.45, 7) is 1.94. The number of hydrogen-bond donors (Lipinski definition) is 0. The van der Waals surface area contributed by atoms with Gasteiger partial charge in [-0.2, -0.15) is 0 Å². The van der Waals surface area contributed by atoms with Crippen LogP contribution in [0.5, 0.6) is 11.5 Å². The second-order valence-corrected chi connectivity index (χ2v) is 5.41. The lowest BCUT2D eigenvalue weighted by Crippen LogP contribution is -2.40. The zero-order chi connectivity index (χ0) is 18.0. The van der Waals surface area contributed by atoms with Gasteiger partial charge >= 0.3 is 5.97 Å². The highest BCUT2D eigenvalue weighted by Gasteiger charge is 2.27. The number of fused-ring (bicyclic) bond motifs is 1. The Morgan fingerprint density at radius 2 is 1.80 bits per heavy atom. The molecule has 2 aromatic rings. The van der Waals surface area contributed by atoms with Crippen molar-refractivity contribution in [3.63, 3.8) is 0 Å². The number of esters is 1. The third kappa shape index (κ3) is 3.00. The third-order valence-corrected chi connectivity index (χ3v) is 4.07. The van der Waals surface area contributed by atoms with E-state index in [0.717, 1.165) is 0 Å². The Kier molecular flexibility index (Phi) is 4.80. The molecule has 0 atom stereocenters. The van der Waals surface area contributed by atoms with Crippen LogP contribution in [0.3, 0.4) is 0 Å². The fraction of sp³-hybridized carbons (Fsp3) is 0.412. The lowest BCUT2D eigenvalue weighted by atomic mass is 10.1. The van der Waals surface area contributed by atoms with Crippen LogP contribution in [-0.4, -0.2) is 64.4 Å². The molecule has 1 aromatic carbocycles. The van der Waals surface area contributed by atoms with Crippen molar-refractivity contribution >= 4 is 22.8 Å². The van der Waals surface area contributed by atoms with Crippen LogP contribution in [0, 0.1) is 0 Å². The molecule has 25 heavy (non-hydrogen) atoms. The molecule has 3 rings (SSSR count). The van der Waals surface area contributed by atoms with Gasteiger partial charge in [0.2, 0.25) is 5.75 Å². The molecule has 1 aliphatic rings. The molecule has 8 nitrogen and oxygen atoms in total. The van der Waals surface area contributed by atoms with Gasteiger partial charge < -0.3 is 28.3 Å². The van der Waals surface area contributed by atoms with Gasteiger partial charge in [-0.05, 0) is 12.1 Å². The summed E-state index contributed by atoms with van der Waals surface area (Å²) in [5.41, 5.74) is 0.499. The maximum Gasteiger partial charge on any atom is 0.338 e. The SMILES string of the molecule is COC(=O)c1cc(OC)c(OC)c2oc(C(=O)N3CCOCC3)cc12. The molecule has 0 N–H and O–H groups in total. The number of amides is 1. The smallest absolute Gasteiger partial charge is 0.338 e. The summed E-state index contributed by atoms with van der Waals surface area (Å²) in [6.07, 6.45) is 0. The van der Waals surface area contributed by atoms with Crippen LogP contribution < -0.4 is 9.47 Å². The number of hydrogen-bond acceptors (Lipinski definition) is 7. The number of benzene rings is 1. The van der Waals surface area contributed by atoms with Crippen LogP contribution >= 0.6 is 0 Å². The van der Waals surface area contributed by atoms with Gasteiger partial charge in [0.15, 0.2) is 17.1 Å². The zero-order valence-corrected chi connectivity index (χ0v) is 14.3. The predicted molar refractivity (Wildman–Crippen MR) is 87.4 cm³/mol. The molecule has 1 aromatic heterocycles. The van der Waals surface area contributed by atoms with Gasteiger partial charge in [0.25, 0.3) is 5.91 Å². The first kappa shape index (κ1) is 17.1. The van der Waals surface area contributed by atoms with E-state index in [-0.39, 0.29) is 22.8 Å². The number of nitrogens with zero attached hydrogens (tertiary/aromatic N) is 1. The molecule has 8 heteroatoms. The number of furan rings is 1. The van der Waals surface area contributed by atoms with Crippen LogP contribution in [0.15, 0.2) is 16.5 Å². The van der Waals surface area contributed by atoms with Crippen molar-refractivity contribution < 1.29 is 33.0 Å². The average molecular weight is 349 g/mol. The number of rotatable bonds is 4. The molecule has 1 fully saturated rings. The van der Waals surface area contributed by atoms with Crippen molar-refractivity contribution in [3.05, 3.63) is 23.5 Å². The second-order valence-electron chi connectivity index (χ2n) is 5.41. The quantitative estimate of drug-likeness (QED) is 0.777. The Hall–Kier alpha value is -2.74. The van der Waals surface area contributed by atoms with Crippen molar-refractivity contribution in [2.45, 2.75) is 0 Å². The van der Waals surface area contributed by atoms with E-state index in [1.165, 1.54) is 33.5 Å². The number of carbonyl (C=O) groups is 2. The fourth-order valence-corrected chi connectivity index (χ4v) is 2.80. The highest BCUT2D eigenvalue weighted by atomic mass is 16.5. The third-order valence-electron chi connectivity index (χ3n) is 4.07. The summed E-state index contributed by atoms with van der Waals surface area (Å²) < 4.78 is 26.4. The maximum atomic E-state index is 12.7. The lowest BCUT2D eigenvalue weighted by molar-refractivity contribution is 0.0284. The summed E-state index contributed by atoms with van der Waals surface area (Å²) in [6, 6.07) is 3.03. The van der Waals surface area contributed by atoms with Gasteiger partial charge in [0.1, 0.15) is 0 Å². The van der Waals surface area contributed by atoms with Gasteiger partial charge in [0.05, 0.1) is 40.1 Å². The summed E-state index contributed by atoms with van der Waals surface area (Å²) in [4.78, 5) is 26.4.